The van der Waals surface area contributed by atoms with Gasteiger partial charge in [-0.05, 0) is 33.6 Å². The number of hydrogen-bond acceptors (Lipinski definition) is 2. The molecule has 1 rings (SSSR count). The molecule has 1 fully saturated rings. The van der Waals surface area contributed by atoms with Crippen molar-refractivity contribution in [1.82, 2.24) is 10.2 Å². The van der Waals surface area contributed by atoms with Crippen molar-refractivity contribution in [2.24, 2.45) is 0 Å². The molecule has 4 nitrogen and oxygen atoms in total. The Labute approximate surface area is 110 Å². The third-order valence-electron chi connectivity index (χ3n) is 3.72. The summed E-state index contributed by atoms with van der Waals surface area (Å²) in [6.45, 7) is 9.81. The number of hydrogen-bond donors (Lipinski definition) is 1. The van der Waals surface area contributed by atoms with Gasteiger partial charge in [0.15, 0.2) is 0 Å². The van der Waals surface area contributed by atoms with E-state index in [1.54, 1.807) is 4.90 Å². The van der Waals surface area contributed by atoms with Gasteiger partial charge in [0, 0.05) is 6.04 Å². The van der Waals surface area contributed by atoms with Crippen molar-refractivity contribution in [1.29, 1.82) is 0 Å². The Hall–Kier alpha value is -1.06. The van der Waals surface area contributed by atoms with Gasteiger partial charge in [-0.25, -0.2) is 0 Å². The highest BCUT2D eigenvalue weighted by molar-refractivity contribution is 5.99. The van der Waals surface area contributed by atoms with E-state index >= 15 is 0 Å². The first kappa shape index (κ1) is 15.0. The van der Waals surface area contributed by atoms with E-state index in [-0.39, 0.29) is 23.9 Å². The van der Waals surface area contributed by atoms with E-state index in [0.29, 0.717) is 0 Å². The quantitative estimate of drug-likeness (QED) is 0.816. The standard InChI is InChI=1S/C14H26N2O2/c1-6-8-10(3)16-12(17)11(9-7-2)15-13(18)14(16,4)5/h10-11H,6-9H2,1-5H3,(H,15,18). The smallest absolute Gasteiger partial charge is 0.246 e. The van der Waals surface area contributed by atoms with Gasteiger partial charge in [-0.1, -0.05) is 26.7 Å². The van der Waals surface area contributed by atoms with Crippen LogP contribution in [0.15, 0.2) is 0 Å². The molecule has 0 aromatic heterocycles. The summed E-state index contributed by atoms with van der Waals surface area (Å²) in [6, 6.07) is -0.224. The molecular weight excluding hydrogens is 228 g/mol. The van der Waals surface area contributed by atoms with Crippen molar-refractivity contribution in [2.75, 3.05) is 0 Å². The van der Waals surface area contributed by atoms with Crippen LogP contribution in [0.5, 0.6) is 0 Å². The van der Waals surface area contributed by atoms with Gasteiger partial charge in [-0.15, -0.1) is 0 Å². The fourth-order valence-corrected chi connectivity index (χ4v) is 2.75. The zero-order chi connectivity index (χ0) is 13.9. The van der Waals surface area contributed by atoms with Crippen LogP contribution in [-0.4, -0.2) is 34.3 Å². The molecule has 18 heavy (non-hydrogen) atoms. The molecule has 1 aliphatic heterocycles. The SMILES string of the molecule is CCCC1NC(=O)C(C)(C)N(C(C)CCC)C1=O. The second-order valence-electron chi connectivity index (χ2n) is 5.72. The van der Waals surface area contributed by atoms with E-state index in [4.69, 9.17) is 0 Å². The number of piperazine rings is 1. The molecule has 2 amide bonds. The molecule has 1 saturated heterocycles. The third-order valence-corrected chi connectivity index (χ3v) is 3.72. The fourth-order valence-electron chi connectivity index (χ4n) is 2.75. The Morgan fingerprint density at radius 3 is 2.39 bits per heavy atom. The molecule has 1 aliphatic rings. The summed E-state index contributed by atoms with van der Waals surface area (Å²) in [7, 11) is 0. The molecular formula is C14H26N2O2. The lowest BCUT2D eigenvalue weighted by Gasteiger charge is -2.47. The average molecular weight is 254 g/mol. The van der Waals surface area contributed by atoms with Crippen LogP contribution in [0.1, 0.15) is 60.3 Å². The van der Waals surface area contributed by atoms with Crippen LogP contribution in [0.4, 0.5) is 0 Å². The summed E-state index contributed by atoms with van der Waals surface area (Å²) < 4.78 is 0. The van der Waals surface area contributed by atoms with Crippen LogP contribution in [0.25, 0.3) is 0 Å². The number of amides is 2. The van der Waals surface area contributed by atoms with E-state index in [0.717, 1.165) is 25.7 Å². The van der Waals surface area contributed by atoms with Gasteiger partial charge in [0.25, 0.3) is 0 Å². The van der Waals surface area contributed by atoms with Crippen LogP contribution in [0, 0.1) is 0 Å². The van der Waals surface area contributed by atoms with E-state index in [1.165, 1.54) is 0 Å². The van der Waals surface area contributed by atoms with Gasteiger partial charge in [-0.2, -0.15) is 0 Å². The molecule has 0 bridgehead atoms. The Morgan fingerprint density at radius 1 is 1.28 bits per heavy atom. The van der Waals surface area contributed by atoms with E-state index in [2.05, 4.69) is 12.2 Å². The van der Waals surface area contributed by atoms with Gasteiger partial charge >= 0.3 is 0 Å². The first-order chi connectivity index (χ1) is 8.36. The number of carbonyl (C=O) groups is 2. The Morgan fingerprint density at radius 2 is 1.89 bits per heavy atom. The minimum Gasteiger partial charge on any atom is -0.342 e. The molecule has 0 aromatic carbocycles. The van der Waals surface area contributed by atoms with Gasteiger partial charge in [0.05, 0.1) is 0 Å². The Balaban J connectivity index is 2.99. The molecule has 0 aliphatic carbocycles. The maximum atomic E-state index is 12.5. The summed E-state index contributed by atoms with van der Waals surface area (Å²) in [4.78, 5) is 26.5. The van der Waals surface area contributed by atoms with Crippen molar-refractivity contribution in [2.45, 2.75) is 77.9 Å². The summed E-state index contributed by atoms with van der Waals surface area (Å²) >= 11 is 0. The molecule has 4 heteroatoms. The van der Waals surface area contributed by atoms with Crippen molar-refractivity contribution in [3.63, 3.8) is 0 Å². The van der Waals surface area contributed by atoms with Gasteiger partial charge < -0.3 is 10.2 Å². The summed E-state index contributed by atoms with van der Waals surface area (Å²) in [6.07, 6.45) is 3.56. The Bertz CT molecular complexity index is 326. The lowest BCUT2D eigenvalue weighted by Crippen LogP contribution is -2.70. The third kappa shape index (κ3) is 2.68. The normalized spacial score (nSPS) is 24.9. The van der Waals surface area contributed by atoms with Crippen molar-refractivity contribution >= 4 is 11.8 Å². The number of rotatable bonds is 5. The lowest BCUT2D eigenvalue weighted by molar-refractivity contribution is -0.158. The van der Waals surface area contributed by atoms with E-state index in [9.17, 15) is 9.59 Å². The monoisotopic (exact) mass is 254 g/mol. The van der Waals surface area contributed by atoms with E-state index in [1.807, 2.05) is 27.7 Å². The zero-order valence-electron chi connectivity index (χ0n) is 12.2. The largest absolute Gasteiger partial charge is 0.342 e. The van der Waals surface area contributed by atoms with Crippen LogP contribution < -0.4 is 5.32 Å². The fraction of sp³-hybridized carbons (Fsp3) is 0.857. The molecule has 1 heterocycles. The lowest BCUT2D eigenvalue weighted by atomic mass is 9.91. The molecule has 0 aromatic rings. The van der Waals surface area contributed by atoms with Gasteiger partial charge in [0.2, 0.25) is 11.8 Å². The topological polar surface area (TPSA) is 49.4 Å². The van der Waals surface area contributed by atoms with Crippen LogP contribution in [0.3, 0.4) is 0 Å². The second-order valence-corrected chi connectivity index (χ2v) is 5.72. The first-order valence-electron chi connectivity index (χ1n) is 7.00. The van der Waals surface area contributed by atoms with Crippen LogP contribution in [0.2, 0.25) is 0 Å². The maximum Gasteiger partial charge on any atom is 0.246 e. The summed E-state index contributed by atoms with van der Waals surface area (Å²) in [5.74, 6) is 0.0332. The van der Waals surface area contributed by atoms with Gasteiger partial charge in [-0.3, -0.25) is 9.59 Å². The summed E-state index contributed by atoms with van der Waals surface area (Å²) in [5, 5.41) is 2.85. The second kappa shape index (κ2) is 5.72. The van der Waals surface area contributed by atoms with E-state index < -0.39 is 5.54 Å². The highest BCUT2D eigenvalue weighted by Crippen LogP contribution is 2.26. The van der Waals surface area contributed by atoms with Gasteiger partial charge in [0.1, 0.15) is 11.6 Å². The van der Waals surface area contributed by atoms with Crippen molar-refractivity contribution in [3.05, 3.63) is 0 Å². The van der Waals surface area contributed by atoms with Crippen LogP contribution >= 0.6 is 0 Å². The highest BCUT2D eigenvalue weighted by atomic mass is 16.2. The average Bonchev–Trinajstić information content (AvgIpc) is 2.26. The predicted molar refractivity (Wildman–Crippen MR) is 72.1 cm³/mol. The first-order valence-corrected chi connectivity index (χ1v) is 7.00. The minimum absolute atomic E-state index is 0.0384. The highest BCUT2D eigenvalue weighted by Gasteiger charge is 2.47. The maximum absolute atomic E-state index is 12.5. The molecule has 0 spiro atoms. The summed E-state index contributed by atoms with van der Waals surface area (Å²) in [5.41, 5.74) is -0.740. The molecule has 2 atom stereocenters. The Kier molecular flexibility index (Phi) is 4.77. The molecule has 0 saturated carbocycles. The van der Waals surface area contributed by atoms with Crippen molar-refractivity contribution < 1.29 is 9.59 Å². The van der Waals surface area contributed by atoms with Crippen molar-refractivity contribution in [3.8, 4) is 0 Å². The van der Waals surface area contributed by atoms with Crippen LogP contribution in [-0.2, 0) is 9.59 Å². The number of nitrogens with zero attached hydrogens (tertiary/aromatic N) is 1. The zero-order valence-corrected chi connectivity index (χ0v) is 12.2. The molecule has 0 radical (unpaired) electrons. The predicted octanol–water partition coefficient (Wildman–Crippen LogP) is 2.08. The minimum atomic E-state index is -0.740. The molecule has 104 valence electrons. The number of nitrogens with one attached hydrogen (secondary N) is 1. The molecule has 1 N–H and O–H groups in total. The molecule has 2 unspecified atom stereocenters. The number of carbonyl (C=O) groups excluding carboxylic acids is 2.